The number of rotatable bonds is 1. The molecule has 0 aromatic carbocycles. The number of hydrogen-bond donors (Lipinski definition) is 0. The van der Waals surface area contributed by atoms with Crippen LogP contribution in [-0.2, 0) is 5.41 Å². The Kier molecular flexibility index (Phi) is 2.86. The fourth-order valence-electron chi connectivity index (χ4n) is 1.16. The van der Waals surface area contributed by atoms with Gasteiger partial charge < -0.3 is 5.21 Å². The Morgan fingerprint density at radius 2 is 1.93 bits per heavy atom. The SMILES string of the molecule is CC(C)(C)c1cc([N+](=O)[O-])cc(Cl)[n+]1[O-]. The molecule has 0 aliphatic carbocycles. The van der Waals surface area contributed by atoms with E-state index in [-0.39, 0.29) is 16.5 Å². The van der Waals surface area contributed by atoms with Crippen molar-refractivity contribution in [3.8, 4) is 0 Å². The van der Waals surface area contributed by atoms with Gasteiger partial charge in [-0.15, -0.1) is 0 Å². The average Bonchev–Trinajstić information content (AvgIpc) is 2.06. The number of aromatic nitrogens is 1. The van der Waals surface area contributed by atoms with E-state index in [2.05, 4.69) is 0 Å². The molecule has 0 saturated carbocycles. The van der Waals surface area contributed by atoms with Crippen LogP contribution in [0.1, 0.15) is 26.5 Å². The molecule has 0 amide bonds. The Morgan fingerprint density at radius 1 is 1.40 bits per heavy atom. The van der Waals surface area contributed by atoms with E-state index >= 15 is 0 Å². The van der Waals surface area contributed by atoms with Crippen molar-refractivity contribution in [2.75, 3.05) is 0 Å². The van der Waals surface area contributed by atoms with Crippen molar-refractivity contribution in [2.45, 2.75) is 26.2 Å². The summed E-state index contributed by atoms with van der Waals surface area (Å²) in [4.78, 5) is 10.0. The van der Waals surface area contributed by atoms with Crippen molar-refractivity contribution in [1.82, 2.24) is 0 Å². The molecular formula is C9H11ClN2O3. The lowest BCUT2D eigenvalue weighted by Crippen LogP contribution is -2.39. The fourth-order valence-corrected chi connectivity index (χ4v) is 1.37. The van der Waals surface area contributed by atoms with Gasteiger partial charge in [0, 0.05) is 5.41 Å². The minimum Gasteiger partial charge on any atom is -0.617 e. The van der Waals surface area contributed by atoms with Gasteiger partial charge >= 0.3 is 0 Å². The Bertz CT molecular complexity index is 413. The van der Waals surface area contributed by atoms with Gasteiger partial charge in [0.25, 0.3) is 10.8 Å². The second-order valence-electron chi connectivity index (χ2n) is 4.22. The number of nitro groups is 1. The summed E-state index contributed by atoms with van der Waals surface area (Å²) in [5.41, 5.74) is -0.379. The van der Waals surface area contributed by atoms with E-state index in [0.717, 1.165) is 6.07 Å². The van der Waals surface area contributed by atoms with Crippen molar-refractivity contribution in [2.24, 2.45) is 0 Å². The molecular weight excluding hydrogens is 220 g/mol. The molecule has 5 nitrogen and oxygen atoms in total. The molecule has 1 rings (SSSR count). The number of halogens is 1. The van der Waals surface area contributed by atoms with E-state index in [0.29, 0.717) is 4.73 Å². The molecule has 0 spiro atoms. The molecule has 1 aromatic heterocycles. The number of nitrogens with zero attached hydrogens (tertiary/aromatic N) is 2. The highest BCUT2D eigenvalue weighted by molar-refractivity contribution is 6.28. The lowest BCUT2D eigenvalue weighted by atomic mass is 9.91. The van der Waals surface area contributed by atoms with Crippen LogP contribution in [0.5, 0.6) is 0 Å². The molecule has 0 fully saturated rings. The highest BCUT2D eigenvalue weighted by Gasteiger charge is 2.28. The summed E-state index contributed by atoms with van der Waals surface area (Å²) in [6.45, 7) is 5.37. The molecule has 0 saturated heterocycles. The Hall–Kier alpha value is -1.36. The monoisotopic (exact) mass is 230 g/mol. The van der Waals surface area contributed by atoms with Crippen LogP contribution in [0.4, 0.5) is 5.69 Å². The third-order valence-electron chi connectivity index (χ3n) is 1.94. The molecule has 0 N–H and O–H groups in total. The predicted octanol–water partition coefficient (Wildman–Crippen LogP) is 2.18. The topological polar surface area (TPSA) is 70.1 Å². The minimum atomic E-state index is -0.568. The van der Waals surface area contributed by atoms with Crippen molar-refractivity contribution < 1.29 is 9.65 Å². The zero-order valence-corrected chi connectivity index (χ0v) is 9.41. The number of hydrogen-bond acceptors (Lipinski definition) is 3. The molecule has 0 aliphatic rings. The highest BCUT2D eigenvalue weighted by atomic mass is 35.5. The van der Waals surface area contributed by atoms with Gasteiger partial charge in [0.1, 0.15) is 6.07 Å². The zero-order valence-electron chi connectivity index (χ0n) is 8.65. The maximum Gasteiger partial charge on any atom is 0.293 e. The summed E-state index contributed by atoms with van der Waals surface area (Å²) in [7, 11) is 0. The van der Waals surface area contributed by atoms with E-state index in [1.165, 1.54) is 6.07 Å². The third-order valence-corrected chi connectivity index (χ3v) is 2.21. The predicted molar refractivity (Wildman–Crippen MR) is 55.8 cm³/mol. The molecule has 0 radical (unpaired) electrons. The van der Waals surface area contributed by atoms with E-state index in [4.69, 9.17) is 11.6 Å². The average molecular weight is 231 g/mol. The molecule has 1 aromatic rings. The first-order valence-corrected chi connectivity index (χ1v) is 4.69. The first kappa shape index (κ1) is 11.7. The first-order chi connectivity index (χ1) is 6.73. The van der Waals surface area contributed by atoms with Crippen molar-refractivity contribution in [3.05, 3.63) is 38.3 Å². The van der Waals surface area contributed by atoms with Crippen molar-refractivity contribution in [3.63, 3.8) is 0 Å². The Balaban J connectivity index is 3.45. The van der Waals surface area contributed by atoms with E-state index in [1.54, 1.807) is 20.8 Å². The lowest BCUT2D eigenvalue weighted by Gasteiger charge is -2.17. The van der Waals surface area contributed by atoms with Crippen molar-refractivity contribution in [1.29, 1.82) is 0 Å². The molecule has 15 heavy (non-hydrogen) atoms. The van der Waals surface area contributed by atoms with Gasteiger partial charge in [-0.3, -0.25) is 10.1 Å². The zero-order chi connectivity index (χ0) is 11.8. The molecule has 0 unspecified atom stereocenters. The van der Waals surface area contributed by atoms with Gasteiger partial charge in [-0.05, 0) is 11.6 Å². The largest absolute Gasteiger partial charge is 0.617 e. The van der Waals surface area contributed by atoms with Gasteiger partial charge in [-0.1, -0.05) is 20.8 Å². The smallest absolute Gasteiger partial charge is 0.293 e. The summed E-state index contributed by atoms with van der Waals surface area (Å²) in [6.07, 6.45) is 0. The van der Waals surface area contributed by atoms with Crippen LogP contribution >= 0.6 is 11.6 Å². The summed E-state index contributed by atoms with van der Waals surface area (Å²) in [5.74, 6) is 0. The molecule has 1 heterocycles. The highest BCUT2D eigenvalue weighted by Crippen LogP contribution is 2.24. The van der Waals surface area contributed by atoms with E-state index in [1.807, 2.05) is 0 Å². The van der Waals surface area contributed by atoms with Gasteiger partial charge in [0.05, 0.1) is 11.0 Å². The Morgan fingerprint density at radius 3 is 2.33 bits per heavy atom. The maximum atomic E-state index is 11.6. The lowest BCUT2D eigenvalue weighted by molar-refractivity contribution is -0.616. The van der Waals surface area contributed by atoms with E-state index in [9.17, 15) is 15.3 Å². The molecule has 0 atom stereocenters. The summed E-state index contributed by atoms with van der Waals surface area (Å²) < 4.78 is 0.508. The van der Waals surface area contributed by atoms with Gasteiger partial charge in [0.15, 0.2) is 0 Å². The second-order valence-corrected chi connectivity index (χ2v) is 4.61. The van der Waals surface area contributed by atoms with Crippen LogP contribution in [0.25, 0.3) is 0 Å². The Labute approximate surface area is 92.0 Å². The third kappa shape index (κ3) is 2.36. The summed E-state index contributed by atoms with van der Waals surface area (Å²) in [5, 5.41) is 21.9. The van der Waals surface area contributed by atoms with Crippen LogP contribution in [0.15, 0.2) is 12.1 Å². The van der Waals surface area contributed by atoms with Crippen LogP contribution in [0, 0.1) is 15.3 Å². The summed E-state index contributed by atoms with van der Waals surface area (Å²) >= 11 is 5.62. The van der Waals surface area contributed by atoms with E-state index < -0.39 is 10.3 Å². The number of pyridine rings is 1. The quantitative estimate of drug-likeness (QED) is 0.244. The van der Waals surface area contributed by atoms with Crippen molar-refractivity contribution >= 4 is 17.3 Å². The molecule has 82 valence electrons. The maximum absolute atomic E-state index is 11.6. The fraction of sp³-hybridized carbons (Fsp3) is 0.444. The standard InChI is InChI=1S/C9H11ClN2O3/c1-9(2,3)7-4-6(12(14)15)5-8(10)11(7)13/h4-5H,1-3H3. The van der Waals surface area contributed by atoms with Crippen LogP contribution in [-0.4, -0.2) is 4.92 Å². The molecule has 0 bridgehead atoms. The van der Waals surface area contributed by atoms with Crippen LogP contribution < -0.4 is 4.73 Å². The molecule has 0 aliphatic heterocycles. The second kappa shape index (κ2) is 3.66. The minimum absolute atomic E-state index is 0.169. The first-order valence-electron chi connectivity index (χ1n) is 4.31. The van der Waals surface area contributed by atoms with Gasteiger partial charge in [-0.25, -0.2) is 0 Å². The van der Waals surface area contributed by atoms with Gasteiger partial charge in [-0.2, -0.15) is 4.73 Å². The van der Waals surface area contributed by atoms with Crippen LogP contribution in [0.2, 0.25) is 5.15 Å². The van der Waals surface area contributed by atoms with Crippen LogP contribution in [0.3, 0.4) is 0 Å². The van der Waals surface area contributed by atoms with Gasteiger partial charge in [0.2, 0.25) is 5.69 Å². The molecule has 6 heteroatoms. The normalized spacial score (nSPS) is 11.5. The summed E-state index contributed by atoms with van der Waals surface area (Å²) in [6, 6.07) is 2.29.